The first-order valence-corrected chi connectivity index (χ1v) is 18.0. The molecular formula is C36H62O2. The van der Waals surface area contributed by atoms with Crippen molar-refractivity contribution in [3.05, 3.63) is 0 Å². The molecule has 2 aliphatic heterocycles. The molecule has 6 aliphatic rings. The molecule has 6 rings (SSSR count). The van der Waals surface area contributed by atoms with Crippen LogP contribution in [-0.2, 0) is 9.47 Å². The molecule has 0 bridgehead atoms. The van der Waals surface area contributed by atoms with Crippen molar-refractivity contribution in [2.75, 3.05) is 0 Å². The summed E-state index contributed by atoms with van der Waals surface area (Å²) in [5, 5.41) is 0. The van der Waals surface area contributed by atoms with Gasteiger partial charge in [-0.3, -0.25) is 0 Å². The fourth-order valence-electron chi connectivity index (χ4n) is 10.4. The van der Waals surface area contributed by atoms with E-state index in [2.05, 4.69) is 13.8 Å². The molecule has 0 aromatic heterocycles. The zero-order valence-corrected chi connectivity index (χ0v) is 25.3. The standard InChI is InChI=1S/C36H62O2/c1-3-5-6-8-26-11-15-30(16-12-26)34-36(38-34)32-23-19-28(20-24-32)27-17-21-31(22-18-27)35-33(37-35)29-13-9-25(7-4-2)10-14-29/h25-36H,3-24H2,1-2H3/t25-,26-,27?,28?,29-,30-,31?,32?,33-,34-,35-,36-/m0/s1. The molecule has 2 nitrogen and oxygen atoms in total. The van der Waals surface area contributed by atoms with Gasteiger partial charge in [0.15, 0.2) is 0 Å². The van der Waals surface area contributed by atoms with Gasteiger partial charge in [0, 0.05) is 0 Å². The summed E-state index contributed by atoms with van der Waals surface area (Å²) in [6.45, 7) is 4.68. The van der Waals surface area contributed by atoms with Gasteiger partial charge in [-0.25, -0.2) is 0 Å². The van der Waals surface area contributed by atoms with Crippen LogP contribution in [0.5, 0.6) is 0 Å². The van der Waals surface area contributed by atoms with Gasteiger partial charge in [-0.2, -0.15) is 0 Å². The topological polar surface area (TPSA) is 25.1 Å². The summed E-state index contributed by atoms with van der Waals surface area (Å²) in [6.07, 6.45) is 34.8. The van der Waals surface area contributed by atoms with E-state index in [1.807, 2.05) is 0 Å². The summed E-state index contributed by atoms with van der Waals surface area (Å²) in [7, 11) is 0. The second-order valence-electron chi connectivity index (χ2n) is 15.3. The van der Waals surface area contributed by atoms with Gasteiger partial charge in [0.1, 0.15) is 0 Å². The number of epoxide rings is 2. The van der Waals surface area contributed by atoms with Crippen LogP contribution in [0, 0.1) is 47.3 Å². The lowest BCUT2D eigenvalue weighted by Gasteiger charge is -2.37. The molecule has 38 heavy (non-hydrogen) atoms. The predicted octanol–water partition coefficient (Wildman–Crippen LogP) is 10.1. The molecule has 2 saturated heterocycles. The second-order valence-corrected chi connectivity index (χ2v) is 15.3. The van der Waals surface area contributed by atoms with Crippen molar-refractivity contribution in [2.24, 2.45) is 47.3 Å². The molecule has 4 aliphatic carbocycles. The fourth-order valence-corrected chi connectivity index (χ4v) is 10.4. The smallest absolute Gasteiger partial charge is 0.0872 e. The highest BCUT2D eigenvalue weighted by Gasteiger charge is 2.52. The van der Waals surface area contributed by atoms with Crippen LogP contribution >= 0.6 is 0 Å². The highest BCUT2D eigenvalue weighted by molar-refractivity contribution is 5.00. The van der Waals surface area contributed by atoms with Crippen LogP contribution in [0.15, 0.2) is 0 Å². The quantitative estimate of drug-likeness (QED) is 0.198. The maximum Gasteiger partial charge on any atom is 0.0872 e. The van der Waals surface area contributed by atoms with Crippen molar-refractivity contribution < 1.29 is 9.47 Å². The van der Waals surface area contributed by atoms with Crippen LogP contribution in [0.3, 0.4) is 0 Å². The van der Waals surface area contributed by atoms with E-state index < -0.39 is 0 Å². The summed E-state index contributed by atoms with van der Waals surface area (Å²) >= 11 is 0. The van der Waals surface area contributed by atoms with E-state index in [9.17, 15) is 0 Å². The van der Waals surface area contributed by atoms with E-state index in [4.69, 9.17) is 9.47 Å². The van der Waals surface area contributed by atoms with Crippen LogP contribution in [-0.4, -0.2) is 24.4 Å². The van der Waals surface area contributed by atoms with Gasteiger partial charge in [-0.05, 0) is 124 Å². The van der Waals surface area contributed by atoms with Crippen molar-refractivity contribution in [2.45, 2.75) is 180 Å². The minimum absolute atomic E-state index is 0.648. The van der Waals surface area contributed by atoms with Crippen LogP contribution in [0.1, 0.15) is 155 Å². The van der Waals surface area contributed by atoms with Crippen molar-refractivity contribution in [3.63, 3.8) is 0 Å². The van der Waals surface area contributed by atoms with E-state index in [-0.39, 0.29) is 0 Å². The third kappa shape index (κ3) is 6.86. The number of hydrogen-bond acceptors (Lipinski definition) is 2. The number of rotatable bonds is 11. The van der Waals surface area contributed by atoms with Gasteiger partial charge in [0.2, 0.25) is 0 Å². The zero-order chi connectivity index (χ0) is 25.9. The largest absolute Gasteiger partial charge is 0.369 e. The summed E-state index contributed by atoms with van der Waals surface area (Å²) in [4.78, 5) is 0. The average molecular weight is 527 g/mol. The second kappa shape index (κ2) is 13.3. The van der Waals surface area contributed by atoms with Gasteiger partial charge < -0.3 is 9.47 Å². The molecule has 4 saturated carbocycles. The van der Waals surface area contributed by atoms with Crippen molar-refractivity contribution in [1.82, 2.24) is 0 Å². The van der Waals surface area contributed by atoms with Gasteiger partial charge >= 0.3 is 0 Å². The Morgan fingerprint density at radius 3 is 1.08 bits per heavy atom. The number of unbranched alkanes of at least 4 members (excludes halogenated alkanes) is 2. The lowest BCUT2D eigenvalue weighted by Crippen LogP contribution is -2.30. The van der Waals surface area contributed by atoms with Gasteiger partial charge in [0.05, 0.1) is 24.4 Å². The van der Waals surface area contributed by atoms with E-state index in [1.54, 1.807) is 0 Å². The van der Waals surface area contributed by atoms with E-state index in [0.717, 1.165) is 47.3 Å². The highest BCUT2D eigenvalue weighted by atomic mass is 16.6. The summed E-state index contributed by atoms with van der Waals surface area (Å²) < 4.78 is 12.8. The normalized spacial score (nSPS) is 47.5. The molecule has 2 heteroatoms. The molecule has 6 fully saturated rings. The molecule has 4 atom stereocenters. The minimum Gasteiger partial charge on any atom is -0.369 e. The molecule has 0 amide bonds. The molecule has 218 valence electrons. The molecule has 0 N–H and O–H groups in total. The Labute approximate surface area is 236 Å². The first-order chi connectivity index (χ1) is 18.7. The summed E-state index contributed by atoms with van der Waals surface area (Å²) in [5.41, 5.74) is 0. The first-order valence-electron chi connectivity index (χ1n) is 18.0. The van der Waals surface area contributed by atoms with Crippen LogP contribution in [0.4, 0.5) is 0 Å². The van der Waals surface area contributed by atoms with Crippen molar-refractivity contribution >= 4 is 0 Å². The van der Waals surface area contributed by atoms with Crippen molar-refractivity contribution in [1.29, 1.82) is 0 Å². The molecule has 0 radical (unpaired) electrons. The Kier molecular flexibility index (Phi) is 9.80. The zero-order valence-electron chi connectivity index (χ0n) is 25.3. The molecule has 0 spiro atoms. The van der Waals surface area contributed by atoms with E-state index in [1.165, 1.54) is 141 Å². The maximum absolute atomic E-state index is 6.42. The summed E-state index contributed by atoms with van der Waals surface area (Å²) in [5.74, 6) is 7.68. The minimum atomic E-state index is 0.648. The number of hydrogen-bond donors (Lipinski definition) is 0. The molecule has 0 aromatic rings. The van der Waals surface area contributed by atoms with Gasteiger partial charge in [-0.15, -0.1) is 0 Å². The Morgan fingerprint density at radius 2 is 0.711 bits per heavy atom. The Hall–Kier alpha value is -0.0800. The Balaban J connectivity index is 0.850. The fraction of sp³-hybridized carbons (Fsp3) is 1.00. The van der Waals surface area contributed by atoms with E-state index >= 15 is 0 Å². The lowest BCUT2D eigenvalue weighted by molar-refractivity contribution is 0.126. The maximum atomic E-state index is 6.42. The SMILES string of the molecule is CCCCC[C@H]1CC[C@H]([C@@H]2O[C@H]2C2CCC(C3CCC([C@@H]4O[C@H]4[C@H]4CC[C@H](CCC)CC4)CC3)CC2)CC1. The van der Waals surface area contributed by atoms with Gasteiger partial charge in [0.25, 0.3) is 0 Å². The average Bonchev–Trinajstić information content (AvgIpc) is 3.90. The lowest BCUT2D eigenvalue weighted by atomic mass is 9.67. The number of ether oxygens (including phenoxy) is 2. The third-order valence-electron chi connectivity index (χ3n) is 13.0. The molecular weight excluding hydrogens is 464 g/mol. The van der Waals surface area contributed by atoms with E-state index in [0.29, 0.717) is 24.4 Å². The highest BCUT2D eigenvalue weighted by Crippen LogP contribution is 2.51. The first kappa shape index (κ1) is 28.1. The Morgan fingerprint density at radius 1 is 0.368 bits per heavy atom. The molecule has 2 heterocycles. The monoisotopic (exact) mass is 526 g/mol. The van der Waals surface area contributed by atoms with Crippen molar-refractivity contribution in [3.8, 4) is 0 Å². The molecule has 0 aromatic carbocycles. The molecule has 0 unspecified atom stereocenters. The van der Waals surface area contributed by atoms with Gasteiger partial charge in [-0.1, -0.05) is 78.1 Å². The third-order valence-corrected chi connectivity index (χ3v) is 13.0. The summed E-state index contributed by atoms with van der Waals surface area (Å²) in [6, 6.07) is 0. The Bertz CT molecular complexity index is 688. The predicted molar refractivity (Wildman–Crippen MR) is 158 cm³/mol. The van der Waals surface area contributed by atoms with Crippen LogP contribution in [0.2, 0.25) is 0 Å². The van der Waals surface area contributed by atoms with Crippen LogP contribution < -0.4 is 0 Å². The van der Waals surface area contributed by atoms with Crippen LogP contribution in [0.25, 0.3) is 0 Å².